The van der Waals surface area contributed by atoms with Crippen LogP contribution < -0.4 is 5.48 Å². The minimum Gasteiger partial charge on any atom is -0.481 e. The van der Waals surface area contributed by atoms with Gasteiger partial charge in [-0.2, -0.15) is 0 Å². The molecule has 0 heterocycles. The quantitative estimate of drug-likeness (QED) is 0.507. The van der Waals surface area contributed by atoms with Gasteiger partial charge in [0.25, 0.3) is 5.91 Å². The zero-order valence-electron chi connectivity index (χ0n) is 14.9. The van der Waals surface area contributed by atoms with Crippen molar-refractivity contribution in [1.82, 2.24) is 10.4 Å². The molecule has 7 nitrogen and oxygen atoms in total. The molecule has 1 aliphatic carbocycles. The topological polar surface area (TPSA) is 107 Å². The number of hydrogen-bond donors (Lipinski definition) is 3. The Morgan fingerprint density at radius 2 is 1.77 bits per heavy atom. The van der Waals surface area contributed by atoms with E-state index in [1.165, 1.54) is 11.9 Å². The Morgan fingerprint density at radius 1 is 1.15 bits per heavy atom. The van der Waals surface area contributed by atoms with Crippen molar-refractivity contribution < 1.29 is 24.7 Å². The predicted molar refractivity (Wildman–Crippen MR) is 94.3 cm³/mol. The molecular weight excluding hydrogens is 336 g/mol. The molecule has 1 aromatic carbocycles. The minimum atomic E-state index is -0.969. The summed E-state index contributed by atoms with van der Waals surface area (Å²) in [6, 6.07) is 8.68. The number of aryl methyl sites for hydroxylation is 1. The third-order valence-electron chi connectivity index (χ3n) is 5.18. The molecule has 0 spiro atoms. The molecule has 0 aliphatic heterocycles. The molecule has 1 saturated carbocycles. The van der Waals surface area contributed by atoms with Gasteiger partial charge < -0.3 is 10.0 Å². The molecule has 1 aliphatic rings. The van der Waals surface area contributed by atoms with Crippen LogP contribution in [0.5, 0.6) is 0 Å². The number of hydrogen-bond acceptors (Lipinski definition) is 4. The van der Waals surface area contributed by atoms with Gasteiger partial charge >= 0.3 is 5.97 Å². The van der Waals surface area contributed by atoms with Crippen LogP contribution in [0.15, 0.2) is 30.3 Å². The molecule has 3 N–H and O–H groups in total. The van der Waals surface area contributed by atoms with Gasteiger partial charge in [-0.1, -0.05) is 43.2 Å². The van der Waals surface area contributed by atoms with Crippen LogP contribution in [-0.4, -0.2) is 46.1 Å². The normalized spacial score (nSPS) is 20.8. The van der Waals surface area contributed by atoms with Crippen LogP contribution in [0.2, 0.25) is 0 Å². The largest absolute Gasteiger partial charge is 0.481 e. The number of amides is 2. The lowest BCUT2D eigenvalue weighted by Crippen LogP contribution is -2.51. The van der Waals surface area contributed by atoms with Crippen molar-refractivity contribution in [3.8, 4) is 0 Å². The lowest BCUT2D eigenvalue weighted by atomic mass is 9.78. The van der Waals surface area contributed by atoms with Crippen LogP contribution in [0.3, 0.4) is 0 Å². The lowest BCUT2D eigenvalue weighted by Gasteiger charge is -2.34. The molecule has 7 heteroatoms. The molecule has 0 saturated heterocycles. The fraction of sp³-hybridized carbons (Fsp3) is 0.526. The third kappa shape index (κ3) is 4.82. The summed E-state index contributed by atoms with van der Waals surface area (Å²) in [7, 11) is 1.50. The van der Waals surface area contributed by atoms with E-state index in [1.807, 2.05) is 30.3 Å². The van der Waals surface area contributed by atoms with Gasteiger partial charge in [0, 0.05) is 7.05 Å². The average molecular weight is 362 g/mol. The number of nitrogens with zero attached hydrogens (tertiary/aromatic N) is 1. The van der Waals surface area contributed by atoms with Gasteiger partial charge in [0.1, 0.15) is 6.04 Å². The van der Waals surface area contributed by atoms with Crippen LogP contribution >= 0.6 is 0 Å². The van der Waals surface area contributed by atoms with Crippen LogP contribution in [0.1, 0.15) is 37.7 Å². The summed E-state index contributed by atoms with van der Waals surface area (Å²) in [5, 5.41) is 18.4. The molecule has 0 radical (unpaired) electrons. The van der Waals surface area contributed by atoms with Crippen LogP contribution in [0, 0.1) is 11.8 Å². The van der Waals surface area contributed by atoms with Gasteiger partial charge in [-0.15, -0.1) is 0 Å². The van der Waals surface area contributed by atoms with Gasteiger partial charge in [-0.05, 0) is 31.2 Å². The maximum atomic E-state index is 12.9. The van der Waals surface area contributed by atoms with E-state index in [1.54, 1.807) is 5.48 Å². The highest BCUT2D eigenvalue weighted by Crippen LogP contribution is 2.32. The summed E-state index contributed by atoms with van der Waals surface area (Å²) in [5.41, 5.74) is 2.64. The summed E-state index contributed by atoms with van der Waals surface area (Å²) in [5.74, 6) is -3.33. The molecule has 0 bridgehead atoms. The standard InChI is InChI=1S/C19H26N2O5/c1-21(18(23)14-9-5-6-10-15(14)19(24)25)16(17(22)20-26)12-11-13-7-3-2-4-8-13/h2-4,7-8,14-16,26H,5-6,9-12H2,1H3,(H,20,22)(H,24,25). The first-order valence-electron chi connectivity index (χ1n) is 8.93. The van der Waals surface area contributed by atoms with Gasteiger partial charge in [-0.25, -0.2) is 5.48 Å². The number of carboxylic acid groups (broad SMARTS) is 1. The van der Waals surface area contributed by atoms with E-state index in [0.717, 1.165) is 18.4 Å². The second kappa shape index (κ2) is 9.33. The van der Waals surface area contributed by atoms with Crippen LogP contribution in [0.25, 0.3) is 0 Å². The number of carboxylic acids is 1. The SMILES string of the molecule is CN(C(=O)C1CCCCC1C(=O)O)C(CCc1ccccc1)C(=O)NO. The summed E-state index contributed by atoms with van der Waals surface area (Å²) in [4.78, 5) is 37.8. The van der Waals surface area contributed by atoms with Crippen LogP contribution in [0.4, 0.5) is 0 Å². The van der Waals surface area contributed by atoms with E-state index in [4.69, 9.17) is 5.21 Å². The summed E-state index contributed by atoms with van der Waals surface area (Å²) in [6.07, 6.45) is 3.47. The Bertz CT molecular complexity index is 634. The molecule has 2 amide bonds. The van der Waals surface area contributed by atoms with Gasteiger partial charge in [0.05, 0.1) is 11.8 Å². The van der Waals surface area contributed by atoms with Gasteiger partial charge in [-0.3, -0.25) is 19.6 Å². The number of carbonyl (C=O) groups is 3. The maximum Gasteiger partial charge on any atom is 0.307 e. The first-order valence-corrected chi connectivity index (χ1v) is 8.93. The summed E-state index contributed by atoms with van der Waals surface area (Å²) >= 11 is 0. The van der Waals surface area contributed by atoms with Crippen molar-refractivity contribution in [2.24, 2.45) is 11.8 Å². The fourth-order valence-corrected chi connectivity index (χ4v) is 3.66. The molecule has 0 aromatic heterocycles. The lowest BCUT2D eigenvalue weighted by molar-refractivity contribution is -0.154. The summed E-state index contributed by atoms with van der Waals surface area (Å²) in [6.45, 7) is 0. The maximum absolute atomic E-state index is 12.9. The van der Waals surface area contributed by atoms with Crippen molar-refractivity contribution in [1.29, 1.82) is 0 Å². The Morgan fingerprint density at radius 3 is 2.35 bits per heavy atom. The second-order valence-corrected chi connectivity index (χ2v) is 6.80. The second-order valence-electron chi connectivity index (χ2n) is 6.80. The number of likely N-dealkylation sites (N-methyl/N-ethyl adjacent to an activating group) is 1. The van der Waals surface area contributed by atoms with E-state index in [9.17, 15) is 19.5 Å². The predicted octanol–water partition coefficient (Wildman–Crippen LogP) is 1.84. The first-order chi connectivity index (χ1) is 12.5. The molecule has 142 valence electrons. The summed E-state index contributed by atoms with van der Waals surface area (Å²) < 4.78 is 0. The molecule has 1 aromatic rings. The van der Waals surface area contributed by atoms with E-state index >= 15 is 0 Å². The van der Waals surface area contributed by atoms with E-state index in [2.05, 4.69) is 0 Å². The van der Waals surface area contributed by atoms with Crippen molar-refractivity contribution in [3.05, 3.63) is 35.9 Å². The minimum absolute atomic E-state index is 0.336. The molecule has 1 fully saturated rings. The zero-order chi connectivity index (χ0) is 19.1. The number of benzene rings is 1. The monoisotopic (exact) mass is 362 g/mol. The molecule has 3 atom stereocenters. The number of aliphatic carboxylic acids is 1. The van der Waals surface area contributed by atoms with Crippen molar-refractivity contribution in [2.45, 2.75) is 44.6 Å². The van der Waals surface area contributed by atoms with E-state index < -0.39 is 29.8 Å². The first kappa shape index (κ1) is 19.9. The highest BCUT2D eigenvalue weighted by Gasteiger charge is 2.39. The van der Waals surface area contributed by atoms with Gasteiger partial charge in [0.15, 0.2) is 0 Å². The highest BCUT2D eigenvalue weighted by molar-refractivity contribution is 5.90. The molecule has 3 unspecified atom stereocenters. The third-order valence-corrected chi connectivity index (χ3v) is 5.18. The Balaban J connectivity index is 2.11. The van der Waals surface area contributed by atoms with E-state index in [0.29, 0.717) is 25.7 Å². The molecular formula is C19H26N2O5. The van der Waals surface area contributed by atoms with Crippen molar-refractivity contribution in [3.63, 3.8) is 0 Å². The molecule has 2 rings (SSSR count). The average Bonchev–Trinajstić information content (AvgIpc) is 2.67. The van der Waals surface area contributed by atoms with Gasteiger partial charge in [0.2, 0.25) is 5.91 Å². The highest BCUT2D eigenvalue weighted by atomic mass is 16.5. The smallest absolute Gasteiger partial charge is 0.307 e. The number of hydroxylamine groups is 1. The Hall–Kier alpha value is -2.41. The Labute approximate surface area is 153 Å². The number of rotatable bonds is 7. The van der Waals surface area contributed by atoms with Crippen LogP contribution in [-0.2, 0) is 20.8 Å². The number of nitrogens with one attached hydrogen (secondary N) is 1. The van der Waals surface area contributed by atoms with Crippen molar-refractivity contribution in [2.75, 3.05) is 7.05 Å². The van der Waals surface area contributed by atoms with Crippen molar-refractivity contribution >= 4 is 17.8 Å². The van der Waals surface area contributed by atoms with E-state index in [-0.39, 0.29) is 5.91 Å². The Kier molecular flexibility index (Phi) is 7.15. The fourth-order valence-electron chi connectivity index (χ4n) is 3.66. The zero-order valence-corrected chi connectivity index (χ0v) is 14.9. The molecule has 26 heavy (non-hydrogen) atoms. The number of carbonyl (C=O) groups excluding carboxylic acids is 2.